The van der Waals surface area contributed by atoms with Gasteiger partial charge < -0.3 is 20.3 Å². The van der Waals surface area contributed by atoms with Gasteiger partial charge in [-0.2, -0.15) is 0 Å². The van der Waals surface area contributed by atoms with Crippen molar-refractivity contribution in [3.8, 4) is 11.5 Å². The van der Waals surface area contributed by atoms with E-state index in [1.807, 2.05) is 45.0 Å². The van der Waals surface area contributed by atoms with Gasteiger partial charge in [0.15, 0.2) is 0 Å². The number of aryl methyl sites for hydroxylation is 2. The number of phenolic OH excluding ortho intramolecular Hbond substituents is 1. The van der Waals surface area contributed by atoms with Gasteiger partial charge in [-0.05, 0) is 56.2 Å². The Kier molecular flexibility index (Phi) is 5.28. The average molecular weight is 301 g/mol. The molecule has 4 nitrogen and oxygen atoms in total. The van der Waals surface area contributed by atoms with Crippen LogP contribution in [-0.2, 0) is 13.2 Å². The molecule has 0 bridgehead atoms. The van der Waals surface area contributed by atoms with Crippen LogP contribution in [0, 0.1) is 13.8 Å². The number of aliphatic hydroxyl groups excluding tert-OH is 1. The lowest BCUT2D eigenvalue weighted by atomic mass is 10.0. The standard InChI is InChI=1S/C18H23NO3/c1-4-22-18-6-5-16(9-15(18)11-20)19-10-14-7-12(2)13(3)8-17(14)21/h5-9,19-21H,4,10-11H2,1-3H3. The van der Waals surface area contributed by atoms with Gasteiger partial charge in [-0.25, -0.2) is 0 Å². The van der Waals surface area contributed by atoms with Crippen LogP contribution >= 0.6 is 0 Å². The molecule has 118 valence electrons. The maximum atomic E-state index is 10.0. The Hall–Kier alpha value is -2.20. The van der Waals surface area contributed by atoms with Crippen molar-refractivity contribution in [3.05, 3.63) is 52.6 Å². The van der Waals surface area contributed by atoms with Crippen LogP contribution in [0.5, 0.6) is 11.5 Å². The number of phenols is 1. The first-order chi connectivity index (χ1) is 10.5. The Bertz CT molecular complexity index is 653. The van der Waals surface area contributed by atoms with E-state index in [2.05, 4.69) is 5.32 Å². The van der Waals surface area contributed by atoms with Gasteiger partial charge in [-0.1, -0.05) is 6.07 Å². The van der Waals surface area contributed by atoms with Crippen LogP contribution in [0.1, 0.15) is 29.2 Å². The lowest BCUT2D eigenvalue weighted by molar-refractivity contribution is 0.267. The molecule has 0 unspecified atom stereocenters. The summed E-state index contributed by atoms with van der Waals surface area (Å²) < 4.78 is 5.47. The second kappa shape index (κ2) is 7.18. The van der Waals surface area contributed by atoms with Crippen LogP contribution in [0.15, 0.2) is 30.3 Å². The third-order valence-electron chi connectivity index (χ3n) is 3.71. The highest BCUT2D eigenvalue weighted by atomic mass is 16.5. The van der Waals surface area contributed by atoms with E-state index < -0.39 is 0 Å². The molecule has 2 rings (SSSR count). The van der Waals surface area contributed by atoms with Gasteiger partial charge in [-0.3, -0.25) is 0 Å². The third kappa shape index (κ3) is 3.71. The number of hydrogen-bond acceptors (Lipinski definition) is 4. The quantitative estimate of drug-likeness (QED) is 0.764. The predicted octanol–water partition coefficient (Wildman–Crippen LogP) is 3.51. The van der Waals surface area contributed by atoms with E-state index in [1.165, 1.54) is 0 Å². The SMILES string of the molecule is CCOc1ccc(NCc2cc(C)c(C)cc2O)cc1CO. The molecule has 0 aliphatic rings. The van der Waals surface area contributed by atoms with Crippen molar-refractivity contribution >= 4 is 5.69 Å². The van der Waals surface area contributed by atoms with Crippen molar-refractivity contribution in [1.29, 1.82) is 0 Å². The normalized spacial score (nSPS) is 10.5. The fourth-order valence-corrected chi connectivity index (χ4v) is 2.31. The summed E-state index contributed by atoms with van der Waals surface area (Å²) in [6.45, 7) is 6.93. The van der Waals surface area contributed by atoms with Gasteiger partial charge in [0.1, 0.15) is 11.5 Å². The highest BCUT2D eigenvalue weighted by molar-refractivity contribution is 5.52. The lowest BCUT2D eigenvalue weighted by Crippen LogP contribution is -2.03. The minimum absolute atomic E-state index is 0.0697. The second-order valence-electron chi connectivity index (χ2n) is 5.33. The number of hydrogen-bond donors (Lipinski definition) is 3. The first kappa shape index (κ1) is 16.2. The summed E-state index contributed by atoms with van der Waals surface area (Å²) in [5.74, 6) is 0.994. The highest BCUT2D eigenvalue weighted by Gasteiger charge is 2.07. The topological polar surface area (TPSA) is 61.7 Å². The summed E-state index contributed by atoms with van der Waals surface area (Å²) in [6, 6.07) is 9.38. The molecular formula is C18H23NO3. The van der Waals surface area contributed by atoms with Gasteiger partial charge in [0.05, 0.1) is 13.2 Å². The van der Waals surface area contributed by atoms with Gasteiger partial charge in [0.25, 0.3) is 0 Å². The number of anilines is 1. The van der Waals surface area contributed by atoms with Crippen molar-refractivity contribution in [2.24, 2.45) is 0 Å². The Morgan fingerprint density at radius 3 is 2.45 bits per heavy atom. The number of aromatic hydroxyl groups is 1. The molecule has 0 spiro atoms. The Balaban J connectivity index is 2.13. The zero-order valence-electron chi connectivity index (χ0n) is 13.3. The zero-order valence-corrected chi connectivity index (χ0v) is 13.3. The Morgan fingerprint density at radius 1 is 1.05 bits per heavy atom. The van der Waals surface area contributed by atoms with E-state index in [0.717, 1.165) is 27.9 Å². The number of nitrogens with one attached hydrogen (secondary N) is 1. The largest absolute Gasteiger partial charge is 0.508 e. The molecule has 0 saturated carbocycles. The van der Waals surface area contributed by atoms with Gasteiger partial charge >= 0.3 is 0 Å². The number of rotatable bonds is 6. The molecule has 0 amide bonds. The highest BCUT2D eigenvalue weighted by Crippen LogP contribution is 2.26. The molecule has 0 aromatic heterocycles. The molecule has 0 heterocycles. The Morgan fingerprint density at radius 2 is 1.77 bits per heavy atom. The van der Waals surface area contributed by atoms with E-state index in [1.54, 1.807) is 6.07 Å². The van der Waals surface area contributed by atoms with Crippen molar-refractivity contribution in [1.82, 2.24) is 0 Å². The molecule has 0 fully saturated rings. The van der Waals surface area contributed by atoms with Gasteiger partial charge in [0, 0.05) is 23.4 Å². The number of aliphatic hydroxyl groups is 1. The van der Waals surface area contributed by atoms with Crippen molar-refractivity contribution < 1.29 is 14.9 Å². The van der Waals surface area contributed by atoms with Crippen LogP contribution < -0.4 is 10.1 Å². The molecule has 0 radical (unpaired) electrons. The third-order valence-corrected chi connectivity index (χ3v) is 3.71. The molecule has 2 aromatic rings. The summed E-state index contributed by atoms with van der Waals surface area (Å²) >= 11 is 0. The smallest absolute Gasteiger partial charge is 0.124 e. The average Bonchev–Trinajstić information content (AvgIpc) is 2.51. The lowest BCUT2D eigenvalue weighted by Gasteiger charge is -2.13. The predicted molar refractivity (Wildman–Crippen MR) is 88.4 cm³/mol. The van der Waals surface area contributed by atoms with Gasteiger partial charge in [0.2, 0.25) is 0 Å². The first-order valence-corrected chi connectivity index (χ1v) is 7.44. The van der Waals surface area contributed by atoms with E-state index in [-0.39, 0.29) is 6.61 Å². The Labute approximate surface area is 131 Å². The zero-order chi connectivity index (χ0) is 16.1. The van der Waals surface area contributed by atoms with Crippen LogP contribution in [0.4, 0.5) is 5.69 Å². The van der Waals surface area contributed by atoms with Crippen LogP contribution in [0.2, 0.25) is 0 Å². The minimum Gasteiger partial charge on any atom is -0.508 e. The molecule has 4 heteroatoms. The summed E-state index contributed by atoms with van der Waals surface area (Å²) in [6.07, 6.45) is 0. The second-order valence-corrected chi connectivity index (χ2v) is 5.33. The molecule has 0 saturated heterocycles. The molecule has 0 aliphatic heterocycles. The summed E-state index contributed by atoms with van der Waals surface area (Å²) in [5.41, 5.74) is 4.70. The summed E-state index contributed by atoms with van der Waals surface area (Å²) in [4.78, 5) is 0. The van der Waals surface area contributed by atoms with Crippen molar-refractivity contribution in [2.75, 3.05) is 11.9 Å². The van der Waals surface area contributed by atoms with E-state index >= 15 is 0 Å². The van der Waals surface area contributed by atoms with Gasteiger partial charge in [-0.15, -0.1) is 0 Å². The van der Waals surface area contributed by atoms with E-state index in [4.69, 9.17) is 4.74 Å². The molecule has 0 atom stereocenters. The first-order valence-electron chi connectivity index (χ1n) is 7.44. The maximum absolute atomic E-state index is 10.0. The fraction of sp³-hybridized carbons (Fsp3) is 0.333. The molecule has 22 heavy (non-hydrogen) atoms. The van der Waals surface area contributed by atoms with E-state index in [9.17, 15) is 10.2 Å². The van der Waals surface area contributed by atoms with Crippen molar-refractivity contribution in [2.45, 2.75) is 33.9 Å². The monoisotopic (exact) mass is 301 g/mol. The molecule has 0 aliphatic carbocycles. The number of benzene rings is 2. The summed E-state index contributed by atoms with van der Waals surface area (Å²) in [7, 11) is 0. The van der Waals surface area contributed by atoms with Crippen LogP contribution in [-0.4, -0.2) is 16.8 Å². The molecular weight excluding hydrogens is 278 g/mol. The fourth-order valence-electron chi connectivity index (χ4n) is 2.31. The summed E-state index contributed by atoms with van der Waals surface area (Å²) in [5, 5.41) is 22.7. The van der Waals surface area contributed by atoms with Crippen molar-refractivity contribution in [3.63, 3.8) is 0 Å². The minimum atomic E-state index is -0.0697. The van der Waals surface area contributed by atoms with E-state index in [0.29, 0.717) is 24.7 Å². The molecule has 3 N–H and O–H groups in total. The maximum Gasteiger partial charge on any atom is 0.124 e. The number of ether oxygens (including phenoxy) is 1. The molecule has 2 aromatic carbocycles. The van der Waals surface area contributed by atoms with Crippen LogP contribution in [0.3, 0.4) is 0 Å². The van der Waals surface area contributed by atoms with Crippen LogP contribution in [0.25, 0.3) is 0 Å².